The first-order valence-electron chi connectivity index (χ1n) is 9.30. The Morgan fingerprint density at radius 1 is 1.27 bits per heavy atom. The maximum absolute atomic E-state index is 13.1. The molecule has 0 spiro atoms. The average Bonchev–Trinajstić information content (AvgIpc) is 3.14. The van der Waals surface area contributed by atoms with Gasteiger partial charge in [-0.3, -0.25) is 4.79 Å². The Morgan fingerprint density at radius 2 is 2.08 bits per heavy atom. The normalized spacial score (nSPS) is 22.3. The van der Waals surface area contributed by atoms with Gasteiger partial charge in [-0.1, -0.05) is 17.3 Å². The number of hydrogen-bond acceptors (Lipinski definition) is 5. The van der Waals surface area contributed by atoms with Crippen LogP contribution in [-0.4, -0.2) is 41.1 Å². The number of aromatic nitrogens is 1. The molecule has 4 rings (SSSR count). The van der Waals surface area contributed by atoms with E-state index < -0.39 is 0 Å². The van der Waals surface area contributed by atoms with Crippen molar-refractivity contribution in [1.29, 1.82) is 0 Å². The molecule has 3 heterocycles. The zero-order chi connectivity index (χ0) is 18.1. The number of hydrogen-bond donors (Lipinski definition) is 1. The van der Waals surface area contributed by atoms with Crippen LogP contribution in [0.3, 0.4) is 0 Å². The summed E-state index contributed by atoms with van der Waals surface area (Å²) in [6.07, 6.45) is 3.40. The number of aryl methyl sites for hydroxylation is 2. The molecule has 2 atom stereocenters. The van der Waals surface area contributed by atoms with Gasteiger partial charge in [-0.2, -0.15) is 0 Å². The van der Waals surface area contributed by atoms with Crippen LogP contribution in [0.5, 0.6) is 5.75 Å². The SMILES string of the molecule is Cc1noc(C)c1COc1ccccc1C(=O)N1CCC2CCC(C1)N2. The Balaban J connectivity index is 1.50. The first kappa shape index (κ1) is 17.1. The van der Waals surface area contributed by atoms with Gasteiger partial charge in [-0.05, 0) is 45.2 Å². The monoisotopic (exact) mass is 355 g/mol. The molecule has 2 aliphatic rings. The Kier molecular flexibility index (Phi) is 4.68. The standard InChI is InChI=1S/C20H25N3O3/c1-13-18(14(2)26-22-13)12-25-19-6-4-3-5-17(19)20(24)23-10-9-15-7-8-16(11-23)21-15/h3-6,15-16,21H,7-12H2,1-2H3. The topological polar surface area (TPSA) is 67.6 Å². The lowest BCUT2D eigenvalue weighted by molar-refractivity contribution is 0.0743. The molecule has 1 aromatic carbocycles. The van der Waals surface area contributed by atoms with Gasteiger partial charge in [-0.25, -0.2) is 0 Å². The van der Waals surface area contributed by atoms with E-state index in [4.69, 9.17) is 9.26 Å². The Morgan fingerprint density at radius 3 is 2.88 bits per heavy atom. The molecule has 0 saturated carbocycles. The van der Waals surface area contributed by atoms with Gasteiger partial charge in [0.2, 0.25) is 0 Å². The van der Waals surface area contributed by atoms with Crippen LogP contribution in [0, 0.1) is 13.8 Å². The van der Waals surface area contributed by atoms with Gasteiger partial charge in [0, 0.05) is 25.2 Å². The fourth-order valence-corrected chi connectivity index (χ4v) is 3.92. The van der Waals surface area contributed by atoms with E-state index in [0.717, 1.165) is 42.9 Å². The predicted octanol–water partition coefficient (Wildman–Crippen LogP) is 2.84. The number of nitrogens with zero attached hydrogens (tertiary/aromatic N) is 2. The molecule has 26 heavy (non-hydrogen) atoms. The second kappa shape index (κ2) is 7.11. The second-order valence-electron chi connectivity index (χ2n) is 7.27. The average molecular weight is 355 g/mol. The fourth-order valence-electron chi connectivity index (χ4n) is 3.92. The smallest absolute Gasteiger partial charge is 0.257 e. The number of para-hydroxylation sites is 1. The van der Waals surface area contributed by atoms with Gasteiger partial charge in [0.1, 0.15) is 18.1 Å². The van der Waals surface area contributed by atoms with Crippen LogP contribution in [0.25, 0.3) is 0 Å². The highest BCUT2D eigenvalue weighted by Gasteiger charge is 2.32. The van der Waals surface area contributed by atoms with E-state index in [1.54, 1.807) is 0 Å². The molecule has 2 aliphatic heterocycles. The number of likely N-dealkylation sites (tertiary alicyclic amines) is 1. The minimum atomic E-state index is 0.0497. The Bertz CT molecular complexity index is 782. The Hall–Kier alpha value is -2.34. The third-order valence-corrected chi connectivity index (χ3v) is 5.48. The van der Waals surface area contributed by atoms with Crippen LogP contribution in [0.1, 0.15) is 46.6 Å². The van der Waals surface area contributed by atoms with Crippen LogP contribution < -0.4 is 10.1 Å². The van der Waals surface area contributed by atoms with Crippen LogP contribution >= 0.6 is 0 Å². The van der Waals surface area contributed by atoms with Crippen LogP contribution in [0.4, 0.5) is 0 Å². The number of benzene rings is 1. The van der Waals surface area contributed by atoms with E-state index in [1.165, 1.54) is 6.42 Å². The molecule has 1 amide bonds. The van der Waals surface area contributed by atoms with Crippen LogP contribution in [0.2, 0.25) is 0 Å². The van der Waals surface area contributed by atoms with Crippen molar-refractivity contribution < 1.29 is 14.1 Å². The molecular formula is C20H25N3O3. The molecule has 1 aromatic heterocycles. The molecular weight excluding hydrogens is 330 g/mol. The van der Waals surface area contributed by atoms with E-state index in [0.29, 0.717) is 30.0 Å². The molecule has 2 saturated heterocycles. The molecule has 2 fully saturated rings. The fraction of sp³-hybridized carbons (Fsp3) is 0.500. The lowest BCUT2D eigenvalue weighted by atomic mass is 10.1. The maximum atomic E-state index is 13.1. The number of fused-ring (bicyclic) bond motifs is 2. The van der Waals surface area contributed by atoms with Gasteiger partial charge < -0.3 is 19.5 Å². The van der Waals surface area contributed by atoms with Gasteiger partial charge in [-0.15, -0.1) is 0 Å². The maximum Gasteiger partial charge on any atom is 0.257 e. The molecule has 6 heteroatoms. The van der Waals surface area contributed by atoms with Gasteiger partial charge in [0.05, 0.1) is 16.8 Å². The first-order valence-corrected chi connectivity index (χ1v) is 9.30. The summed E-state index contributed by atoms with van der Waals surface area (Å²) in [4.78, 5) is 15.1. The first-order chi connectivity index (χ1) is 12.6. The molecule has 0 radical (unpaired) electrons. The van der Waals surface area contributed by atoms with Crippen molar-refractivity contribution in [3.05, 3.63) is 46.8 Å². The van der Waals surface area contributed by atoms with Crippen molar-refractivity contribution in [1.82, 2.24) is 15.4 Å². The summed E-state index contributed by atoms with van der Waals surface area (Å²) < 4.78 is 11.2. The van der Waals surface area contributed by atoms with Crippen molar-refractivity contribution in [2.24, 2.45) is 0 Å². The van der Waals surface area contributed by atoms with E-state index in [-0.39, 0.29) is 5.91 Å². The lowest BCUT2D eigenvalue weighted by Gasteiger charge is -2.25. The van der Waals surface area contributed by atoms with Gasteiger partial charge in [0.15, 0.2) is 0 Å². The van der Waals surface area contributed by atoms with Crippen molar-refractivity contribution in [3.63, 3.8) is 0 Å². The lowest BCUT2D eigenvalue weighted by Crippen LogP contribution is -2.39. The molecule has 0 aliphatic carbocycles. The van der Waals surface area contributed by atoms with Crippen molar-refractivity contribution in [3.8, 4) is 5.75 Å². The van der Waals surface area contributed by atoms with Crippen molar-refractivity contribution in [2.45, 2.75) is 51.8 Å². The Labute approximate surface area is 153 Å². The molecule has 2 aromatic rings. The van der Waals surface area contributed by atoms with Crippen molar-refractivity contribution >= 4 is 5.91 Å². The molecule has 6 nitrogen and oxygen atoms in total. The summed E-state index contributed by atoms with van der Waals surface area (Å²) >= 11 is 0. The second-order valence-corrected chi connectivity index (χ2v) is 7.27. The number of amides is 1. The largest absolute Gasteiger partial charge is 0.488 e. The number of carbonyl (C=O) groups is 1. The number of ether oxygens (including phenoxy) is 1. The number of rotatable bonds is 4. The van der Waals surface area contributed by atoms with E-state index >= 15 is 0 Å². The summed E-state index contributed by atoms with van der Waals surface area (Å²) in [5.74, 6) is 1.41. The number of carbonyl (C=O) groups excluding carboxylic acids is 1. The minimum absolute atomic E-state index is 0.0497. The summed E-state index contributed by atoms with van der Waals surface area (Å²) in [7, 11) is 0. The summed E-state index contributed by atoms with van der Waals surface area (Å²) in [6, 6.07) is 8.46. The molecule has 1 N–H and O–H groups in total. The van der Waals surface area contributed by atoms with Gasteiger partial charge >= 0.3 is 0 Å². The van der Waals surface area contributed by atoms with E-state index in [2.05, 4.69) is 10.5 Å². The molecule has 138 valence electrons. The quantitative estimate of drug-likeness (QED) is 0.913. The van der Waals surface area contributed by atoms with E-state index in [9.17, 15) is 4.79 Å². The minimum Gasteiger partial charge on any atom is -0.488 e. The van der Waals surface area contributed by atoms with Crippen LogP contribution in [0.15, 0.2) is 28.8 Å². The molecule has 2 bridgehead atoms. The summed E-state index contributed by atoms with van der Waals surface area (Å²) in [6.45, 7) is 5.68. The zero-order valence-electron chi connectivity index (χ0n) is 15.3. The summed E-state index contributed by atoms with van der Waals surface area (Å²) in [5, 5.41) is 7.57. The van der Waals surface area contributed by atoms with Crippen molar-refractivity contribution in [2.75, 3.05) is 13.1 Å². The summed E-state index contributed by atoms with van der Waals surface area (Å²) in [5.41, 5.74) is 2.38. The highest BCUT2D eigenvalue weighted by atomic mass is 16.5. The predicted molar refractivity (Wildman–Crippen MR) is 97.2 cm³/mol. The highest BCUT2D eigenvalue weighted by Crippen LogP contribution is 2.26. The highest BCUT2D eigenvalue weighted by molar-refractivity contribution is 5.97. The third-order valence-electron chi connectivity index (χ3n) is 5.48. The third kappa shape index (κ3) is 3.33. The van der Waals surface area contributed by atoms with Gasteiger partial charge in [0.25, 0.3) is 5.91 Å². The zero-order valence-corrected chi connectivity index (χ0v) is 15.3. The molecule has 2 unspecified atom stereocenters. The van der Waals surface area contributed by atoms with Crippen LogP contribution in [-0.2, 0) is 6.61 Å². The number of nitrogens with one attached hydrogen (secondary N) is 1. The van der Waals surface area contributed by atoms with E-state index in [1.807, 2.05) is 43.0 Å².